The van der Waals surface area contributed by atoms with Crippen LogP contribution >= 0.6 is 11.6 Å². The molecule has 132 valence electrons. The minimum absolute atomic E-state index is 0.102. The number of phenolic OH excluding ortho intramolecular Hbond substituents is 2. The number of benzene rings is 2. The zero-order valence-corrected chi connectivity index (χ0v) is 14.5. The van der Waals surface area contributed by atoms with Crippen LogP contribution in [0.1, 0.15) is 12.8 Å². The van der Waals surface area contributed by atoms with E-state index in [1.165, 1.54) is 12.1 Å². The lowest BCUT2D eigenvalue weighted by molar-refractivity contribution is 0.313. The highest BCUT2D eigenvalue weighted by molar-refractivity contribution is 6.32. The number of aromatic hydroxyl groups is 2. The third-order valence-corrected chi connectivity index (χ3v) is 4.14. The number of aromatic nitrogens is 2. The summed E-state index contributed by atoms with van der Waals surface area (Å²) in [7, 11) is 0. The Kier molecular flexibility index (Phi) is 5.30. The number of halogens is 1. The lowest BCUT2D eigenvalue weighted by Gasteiger charge is -2.09. The number of nitrogens with one attached hydrogen (secondary N) is 1. The minimum Gasteiger partial charge on any atom is -0.507 e. The number of hydrogen-bond acceptors (Lipinski definition) is 5. The van der Waals surface area contributed by atoms with E-state index >= 15 is 0 Å². The van der Waals surface area contributed by atoms with E-state index in [0.717, 1.165) is 11.1 Å². The maximum absolute atomic E-state index is 10.1. The lowest BCUT2D eigenvalue weighted by atomic mass is 10.0. The molecule has 0 fully saturated rings. The van der Waals surface area contributed by atoms with Crippen LogP contribution in [0.4, 0.5) is 0 Å². The topological polar surface area (TPSA) is 102 Å². The number of nitrogens with zero attached hydrogens (tertiary/aromatic N) is 2. The molecule has 3 rings (SSSR count). The molecule has 0 saturated heterocycles. The molecular formula is C19H16ClN3O3. The zero-order valence-electron chi connectivity index (χ0n) is 13.7. The summed E-state index contributed by atoms with van der Waals surface area (Å²) in [5.74, 6) is 0.425. The summed E-state index contributed by atoms with van der Waals surface area (Å²) in [4.78, 5) is 0. The second-order valence-electron chi connectivity index (χ2n) is 5.61. The maximum atomic E-state index is 10.1. The van der Waals surface area contributed by atoms with E-state index in [4.69, 9.17) is 21.6 Å². The van der Waals surface area contributed by atoms with E-state index in [9.17, 15) is 10.2 Å². The van der Waals surface area contributed by atoms with Crippen LogP contribution in [0.25, 0.3) is 22.4 Å². The first-order valence-electron chi connectivity index (χ1n) is 7.95. The highest BCUT2D eigenvalue weighted by Gasteiger charge is 2.16. The van der Waals surface area contributed by atoms with Gasteiger partial charge in [-0.15, -0.1) is 0 Å². The molecule has 7 heteroatoms. The van der Waals surface area contributed by atoms with Gasteiger partial charge in [0.15, 0.2) is 0 Å². The summed E-state index contributed by atoms with van der Waals surface area (Å²) < 4.78 is 5.58. The quantitative estimate of drug-likeness (QED) is 0.555. The molecule has 0 saturated carbocycles. The molecule has 0 radical (unpaired) electrons. The fourth-order valence-electron chi connectivity index (χ4n) is 2.53. The number of hydrogen-bond donors (Lipinski definition) is 3. The molecule has 0 unspecified atom stereocenters. The second-order valence-corrected chi connectivity index (χ2v) is 6.02. The van der Waals surface area contributed by atoms with Gasteiger partial charge in [-0.1, -0.05) is 23.7 Å². The summed E-state index contributed by atoms with van der Waals surface area (Å²) in [6, 6.07) is 12.2. The first-order chi connectivity index (χ1) is 12.6. The number of rotatable bonds is 6. The maximum Gasteiger partial charge on any atom is 0.137 e. The van der Waals surface area contributed by atoms with Crippen molar-refractivity contribution in [2.45, 2.75) is 12.8 Å². The van der Waals surface area contributed by atoms with Crippen molar-refractivity contribution in [3.8, 4) is 45.7 Å². The Bertz CT molecular complexity index is 946. The van der Waals surface area contributed by atoms with Gasteiger partial charge >= 0.3 is 0 Å². The first-order valence-corrected chi connectivity index (χ1v) is 8.33. The Hall–Kier alpha value is -3.17. The first kappa shape index (κ1) is 17.6. The summed E-state index contributed by atoms with van der Waals surface area (Å²) in [6.07, 6.45) is 2.80. The standard InChI is InChI=1S/C19H16ClN3O3/c20-16-9-14(17(24)10-18(16)25)19-15(11-22-23-19)12-3-5-13(6-4-12)26-8-2-1-7-21/h3-6,9-11,24-25H,1-2,8H2,(H,22,23). The van der Waals surface area contributed by atoms with Gasteiger partial charge in [0.1, 0.15) is 17.2 Å². The van der Waals surface area contributed by atoms with Gasteiger partial charge in [0.2, 0.25) is 0 Å². The van der Waals surface area contributed by atoms with E-state index in [1.54, 1.807) is 6.20 Å². The van der Waals surface area contributed by atoms with Crippen LogP contribution in [0.15, 0.2) is 42.6 Å². The van der Waals surface area contributed by atoms with Gasteiger partial charge in [0.25, 0.3) is 0 Å². The van der Waals surface area contributed by atoms with Crippen LogP contribution in [-0.2, 0) is 0 Å². The molecule has 3 N–H and O–H groups in total. The van der Waals surface area contributed by atoms with Crippen LogP contribution in [0, 0.1) is 11.3 Å². The normalized spacial score (nSPS) is 10.5. The second kappa shape index (κ2) is 7.81. The van der Waals surface area contributed by atoms with Crippen molar-refractivity contribution in [2.24, 2.45) is 0 Å². The van der Waals surface area contributed by atoms with Crippen molar-refractivity contribution < 1.29 is 14.9 Å². The monoisotopic (exact) mass is 369 g/mol. The Morgan fingerprint density at radius 3 is 2.62 bits per heavy atom. The van der Waals surface area contributed by atoms with Crippen molar-refractivity contribution >= 4 is 11.6 Å². The van der Waals surface area contributed by atoms with Crippen LogP contribution in [0.5, 0.6) is 17.2 Å². The number of phenols is 2. The molecule has 0 atom stereocenters. The molecule has 0 aliphatic rings. The highest BCUT2D eigenvalue weighted by atomic mass is 35.5. The van der Waals surface area contributed by atoms with E-state index in [2.05, 4.69) is 16.3 Å². The number of aromatic amines is 1. The van der Waals surface area contributed by atoms with Crippen molar-refractivity contribution in [2.75, 3.05) is 6.61 Å². The van der Waals surface area contributed by atoms with Crippen LogP contribution < -0.4 is 4.74 Å². The smallest absolute Gasteiger partial charge is 0.137 e. The van der Waals surface area contributed by atoms with Gasteiger partial charge in [-0.05, 0) is 30.2 Å². The van der Waals surface area contributed by atoms with E-state index < -0.39 is 0 Å². The fraction of sp³-hybridized carbons (Fsp3) is 0.158. The molecule has 0 aliphatic carbocycles. The Balaban J connectivity index is 1.85. The molecule has 0 aliphatic heterocycles. The molecule has 2 aromatic carbocycles. The molecule has 0 amide bonds. The van der Waals surface area contributed by atoms with Gasteiger partial charge in [0.05, 0.1) is 29.6 Å². The van der Waals surface area contributed by atoms with E-state index in [0.29, 0.717) is 36.5 Å². The average Bonchev–Trinajstić information content (AvgIpc) is 3.12. The zero-order chi connectivity index (χ0) is 18.5. The Morgan fingerprint density at radius 1 is 1.12 bits per heavy atom. The third kappa shape index (κ3) is 3.73. The van der Waals surface area contributed by atoms with Gasteiger partial charge in [-0.2, -0.15) is 10.4 Å². The van der Waals surface area contributed by atoms with Crippen molar-refractivity contribution in [1.29, 1.82) is 5.26 Å². The number of H-pyrrole nitrogens is 1. The fourth-order valence-corrected chi connectivity index (χ4v) is 2.70. The average molecular weight is 370 g/mol. The third-order valence-electron chi connectivity index (χ3n) is 3.84. The molecule has 0 spiro atoms. The SMILES string of the molecule is N#CCCCOc1ccc(-c2cn[nH]c2-c2cc(Cl)c(O)cc2O)cc1. The molecule has 1 heterocycles. The van der Waals surface area contributed by atoms with E-state index in [-0.39, 0.29) is 16.5 Å². The van der Waals surface area contributed by atoms with E-state index in [1.807, 2.05) is 24.3 Å². The number of ether oxygens (including phenoxy) is 1. The highest BCUT2D eigenvalue weighted by Crippen LogP contribution is 2.40. The molecule has 1 aromatic heterocycles. The van der Waals surface area contributed by atoms with Crippen LogP contribution in [0.2, 0.25) is 5.02 Å². The van der Waals surface area contributed by atoms with Crippen LogP contribution in [0.3, 0.4) is 0 Å². The lowest BCUT2D eigenvalue weighted by Crippen LogP contribution is -1.96. The molecule has 3 aromatic rings. The molecule has 0 bridgehead atoms. The van der Waals surface area contributed by atoms with Crippen LogP contribution in [-0.4, -0.2) is 27.0 Å². The summed E-state index contributed by atoms with van der Waals surface area (Å²) in [6.45, 7) is 0.490. The van der Waals surface area contributed by atoms with Gasteiger partial charge in [-0.3, -0.25) is 5.10 Å². The molecule has 26 heavy (non-hydrogen) atoms. The summed E-state index contributed by atoms with van der Waals surface area (Å²) in [5.41, 5.74) is 2.68. The Labute approximate surface area is 155 Å². The van der Waals surface area contributed by atoms with Gasteiger partial charge < -0.3 is 14.9 Å². The number of nitriles is 1. The molecule has 6 nitrogen and oxygen atoms in total. The minimum atomic E-state index is -0.188. The predicted molar refractivity (Wildman–Crippen MR) is 98.1 cm³/mol. The van der Waals surface area contributed by atoms with Crippen molar-refractivity contribution in [1.82, 2.24) is 10.2 Å². The summed E-state index contributed by atoms with van der Waals surface area (Å²) >= 11 is 5.96. The molecular weight excluding hydrogens is 354 g/mol. The number of unbranched alkanes of at least 4 members (excludes halogenated alkanes) is 1. The summed E-state index contributed by atoms with van der Waals surface area (Å²) in [5, 5.41) is 35.3. The van der Waals surface area contributed by atoms with Gasteiger partial charge in [-0.25, -0.2) is 0 Å². The van der Waals surface area contributed by atoms with Gasteiger partial charge in [0, 0.05) is 23.6 Å². The largest absolute Gasteiger partial charge is 0.507 e. The van der Waals surface area contributed by atoms with Crippen molar-refractivity contribution in [3.05, 3.63) is 47.6 Å². The Morgan fingerprint density at radius 2 is 1.88 bits per heavy atom. The predicted octanol–water partition coefficient (Wildman–Crippen LogP) is 4.49. The van der Waals surface area contributed by atoms with Crippen molar-refractivity contribution in [3.63, 3.8) is 0 Å².